The molecule has 0 radical (unpaired) electrons. The summed E-state index contributed by atoms with van der Waals surface area (Å²) in [6.45, 7) is 2.96. The number of unbranched alkanes of at least 4 members (excludes halogenated alkanes) is 1. The normalized spacial score (nSPS) is 10.7. The lowest BCUT2D eigenvalue weighted by Gasteiger charge is -2.12. The third-order valence-electron chi connectivity index (χ3n) is 3.86. The van der Waals surface area contributed by atoms with Gasteiger partial charge in [0.2, 0.25) is 0 Å². The fraction of sp³-hybridized carbons (Fsp3) is 0.444. The van der Waals surface area contributed by atoms with E-state index in [1.54, 1.807) is 12.1 Å². The molecule has 1 N–H and O–H groups in total. The van der Waals surface area contributed by atoms with E-state index in [2.05, 4.69) is 16.5 Å². The number of rotatable bonds is 8. The molecule has 5 heteroatoms. The van der Waals surface area contributed by atoms with Gasteiger partial charge in [0.1, 0.15) is 5.82 Å². The first-order chi connectivity index (χ1) is 11.2. The summed E-state index contributed by atoms with van der Waals surface area (Å²) in [4.78, 5) is 16.0. The number of hydrogen-bond acceptors (Lipinski definition) is 4. The molecular formula is C18H24N2O3. The zero-order chi connectivity index (χ0) is 16.7. The van der Waals surface area contributed by atoms with E-state index < -0.39 is 0 Å². The molecule has 1 aromatic carbocycles. The summed E-state index contributed by atoms with van der Waals surface area (Å²) in [5.74, 6) is 0.719. The van der Waals surface area contributed by atoms with Crippen LogP contribution in [0.2, 0.25) is 0 Å². The number of methoxy groups -OCH3 is 1. The van der Waals surface area contributed by atoms with E-state index in [1.807, 2.05) is 18.3 Å². The van der Waals surface area contributed by atoms with Gasteiger partial charge in [0, 0.05) is 37.9 Å². The average molecular weight is 316 g/mol. The number of aliphatic hydroxyl groups excluding tert-OH is 1. The molecule has 0 atom stereocenters. The minimum atomic E-state index is -0.330. The maximum atomic E-state index is 11.5. The van der Waals surface area contributed by atoms with Crippen molar-refractivity contribution in [2.24, 2.45) is 0 Å². The molecule has 0 bridgehead atoms. The summed E-state index contributed by atoms with van der Waals surface area (Å²) >= 11 is 0. The largest absolute Gasteiger partial charge is 0.465 e. The Hall–Kier alpha value is -2.14. The van der Waals surface area contributed by atoms with Gasteiger partial charge in [-0.25, -0.2) is 9.78 Å². The van der Waals surface area contributed by atoms with Crippen molar-refractivity contribution in [1.29, 1.82) is 0 Å². The molecule has 5 nitrogen and oxygen atoms in total. The molecule has 2 rings (SSSR count). The van der Waals surface area contributed by atoms with Gasteiger partial charge in [0.15, 0.2) is 0 Å². The van der Waals surface area contributed by atoms with Crippen molar-refractivity contribution in [2.75, 3.05) is 13.7 Å². The van der Waals surface area contributed by atoms with Crippen LogP contribution < -0.4 is 0 Å². The molecule has 0 fully saturated rings. The van der Waals surface area contributed by atoms with Crippen LogP contribution >= 0.6 is 0 Å². The smallest absolute Gasteiger partial charge is 0.337 e. The van der Waals surface area contributed by atoms with Crippen LogP contribution in [0.25, 0.3) is 0 Å². The van der Waals surface area contributed by atoms with Crippen molar-refractivity contribution in [1.82, 2.24) is 9.55 Å². The van der Waals surface area contributed by atoms with Crippen molar-refractivity contribution >= 4 is 5.97 Å². The number of aliphatic hydroxyl groups is 1. The van der Waals surface area contributed by atoms with Crippen LogP contribution in [0.15, 0.2) is 30.5 Å². The molecule has 0 amide bonds. The number of carbonyl (C=O) groups excluding carboxylic acids is 1. The lowest BCUT2D eigenvalue weighted by atomic mass is 10.1. The highest BCUT2D eigenvalue weighted by Gasteiger charge is 2.11. The molecule has 23 heavy (non-hydrogen) atoms. The number of ether oxygens (including phenoxy) is 1. The lowest BCUT2D eigenvalue weighted by molar-refractivity contribution is 0.0600. The number of imidazole rings is 1. The maximum Gasteiger partial charge on any atom is 0.337 e. The Kier molecular flexibility index (Phi) is 6.35. The summed E-state index contributed by atoms with van der Waals surface area (Å²) in [5, 5.41) is 9.23. The highest BCUT2D eigenvalue weighted by Crippen LogP contribution is 2.14. The first-order valence-electron chi connectivity index (χ1n) is 8.01. The van der Waals surface area contributed by atoms with Crippen LogP contribution in [0, 0.1) is 0 Å². The Morgan fingerprint density at radius 1 is 1.26 bits per heavy atom. The number of nitrogens with zero attached hydrogens (tertiary/aromatic N) is 2. The van der Waals surface area contributed by atoms with Gasteiger partial charge in [0.25, 0.3) is 0 Å². The maximum absolute atomic E-state index is 11.5. The van der Waals surface area contributed by atoms with Crippen LogP contribution in [0.1, 0.15) is 47.2 Å². The van der Waals surface area contributed by atoms with E-state index in [4.69, 9.17) is 4.74 Å². The second-order valence-electron chi connectivity index (χ2n) is 5.52. The Bertz CT molecular complexity index is 632. The van der Waals surface area contributed by atoms with Gasteiger partial charge in [-0.05, 0) is 24.1 Å². The van der Waals surface area contributed by atoms with Crippen molar-refractivity contribution < 1.29 is 14.6 Å². The molecule has 2 aromatic rings. The van der Waals surface area contributed by atoms with Crippen LogP contribution in [0.5, 0.6) is 0 Å². The second-order valence-corrected chi connectivity index (χ2v) is 5.52. The van der Waals surface area contributed by atoms with Gasteiger partial charge in [-0.1, -0.05) is 25.5 Å². The topological polar surface area (TPSA) is 64.4 Å². The van der Waals surface area contributed by atoms with Crippen molar-refractivity contribution in [3.8, 4) is 0 Å². The minimum absolute atomic E-state index is 0.111. The Labute approximate surface area is 136 Å². The number of aryl methyl sites for hydroxylation is 1. The van der Waals surface area contributed by atoms with E-state index >= 15 is 0 Å². The minimum Gasteiger partial charge on any atom is -0.465 e. The van der Waals surface area contributed by atoms with E-state index in [-0.39, 0.29) is 12.6 Å². The molecular weight excluding hydrogens is 292 g/mol. The molecule has 124 valence electrons. The van der Waals surface area contributed by atoms with Gasteiger partial charge in [0.05, 0.1) is 12.7 Å². The monoisotopic (exact) mass is 316 g/mol. The van der Waals surface area contributed by atoms with E-state index in [1.165, 1.54) is 7.11 Å². The third-order valence-corrected chi connectivity index (χ3v) is 3.86. The second kappa shape index (κ2) is 8.48. The Morgan fingerprint density at radius 3 is 2.61 bits per heavy atom. The molecule has 0 aliphatic rings. The predicted molar refractivity (Wildman–Crippen MR) is 88.5 cm³/mol. The summed E-state index contributed by atoms with van der Waals surface area (Å²) in [7, 11) is 1.38. The number of benzene rings is 1. The fourth-order valence-electron chi connectivity index (χ4n) is 2.54. The fourth-order valence-corrected chi connectivity index (χ4v) is 2.54. The van der Waals surface area contributed by atoms with E-state index in [9.17, 15) is 9.90 Å². The molecule has 0 saturated carbocycles. The SMILES string of the molecule is CCCCc1ncc(CCO)n1Cc1ccc(C(=O)OC)cc1. The molecule has 1 aromatic heterocycles. The van der Waals surface area contributed by atoms with Gasteiger partial charge in [-0.15, -0.1) is 0 Å². The van der Waals surface area contributed by atoms with Crippen molar-refractivity contribution in [2.45, 2.75) is 39.2 Å². The summed E-state index contributed by atoms with van der Waals surface area (Å²) in [5.41, 5.74) is 2.67. The van der Waals surface area contributed by atoms with E-state index in [0.717, 1.165) is 36.3 Å². The summed E-state index contributed by atoms with van der Waals surface area (Å²) in [6.07, 6.45) is 5.60. The molecule has 0 saturated heterocycles. The quantitative estimate of drug-likeness (QED) is 0.760. The van der Waals surface area contributed by atoms with Crippen molar-refractivity contribution in [3.63, 3.8) is 0 Å². The number of aromatic nitrogens is 2. The lowest BCUT2D eigenvalue weighted by Crippen LogP contribution is -2.10. The first kappa shape index (κ1) is 17.2. The van der Waals surface area contributed by atoms with Gasteiger partial charge in [-0.2, -0.15) is 0 Å². The van der Waals surface area contributed by atoms with E-state index in [0.29, 0.717) is 18.5 Å². The summed E-state index contributed by atoms with van der Waals surface area (Å²) in [6, 6.07) is 7.40. The molecule has 0 aliphatic heterocycles. The van der Waals surface area contributed by atoms with Crippen molar-refractivity contribution in [3.05, 3.63) is 53.1 Å². The molecule has 1 heterocycles. The highest BCUT2D eigenvalue weighted by molar-refractivity contribution is 5.89. The van der Waals surface area contributed by atoms with Crippen LogP contribution in [0.3, 0.4) is 0 Å². The zero-order valence-corrected chi connectivity index (χ0v) is 13.8. The molecule has 0 unspecified atom stereocenters. The third kappa shape index (κ3) is 4.42. The highest BCUT2D eigenvalue weighted by atomic mass is 16.5. The standard InChI is InChI=1S/C18H24N2O3/c1-3-4-5-17-19-12-16(10-11-21)20(17)13-14-6-8-15(9-7-14)18(22)23-2/h6-9,12,21H,3-5,10-11,13H2,1-2H3. The number of carbonyl (C=O) groups is 1. The van der Waals surface area contributed by atoms with Gasteiger partial charge < -0.3 is 14.4 Å². The van der Waals surface area contributed by atoms with Crippen LogP contribution in [-0.2, 0) is 24.1 Å². The summed E-state index contributed by atoms with van der Waals surface area (Å²) < 4.78 is 6.88. The first-order valence-corrected chi connectivity index (χ1v) is 8.01. The number of esters is 1. The Morgan fingerprint density at radius 2 is 2.00 bits per heavy atom. The van der Waals surface area contributed by atoms with Crippen LogP contribution in [0.4, 0.5) is 0 Å². The molecule has 0 aliphatic carbocycles. The average Bonchev–Trinajstić information content (AvgIpc) is 2.95. The Balaban J connectivity index is 2.20. The molecule has 0 spiro atoms. The van der Waals surface area contributed by atoms with Gasteiger partial charge >= 0.3 is 5.97 Å². The number of hydrogen-bond donors (Lipinski definition) is 1. The zero-order valence-electron chi connectivity index (χ0n) is 13.8. The van der Waals surface area contributed by atoms with Gasteiger partial charge in [-0.3, -0.25) is 0 Å². The predicted octanol–water partition coefficient (Wildman–Crippen LogP) is 2.60. The van der Waals surface area contributed by atoms with Crippen LogP contribution in [-0.4, -0.2) is 34.3 Å².